The van der Waals surface area contributed by atoms with Crippen molar-refractivity contribution in [3.8, 4) is 11.5 Å². The van der Waals surface area contributed by atoms with Gasteiger partial charge in [-0.1, -0.05) is 12.1 Å². The van der Waals surface area contributed by atoms with Crippen molar-refractivity contribution in [3.05, 3.63) is 23.8 Å². The van der Waals surface area contributed by atoms with Crippen LogP contribution in [0.15, 0.2) is 18.2 Å². The highest BCUT2D eigenvalue weighted by molar-refractivity contribution is 5.77. The van der Waals surface area contributed by atoms with Crippen molar-refractivity contribution < 1.29 is 19.4 Å². The average molecular weight is 239 g/mol. The molecule has 1 atom stereocenters. The molecule has 0 fully saturated rings. The summed E-state index contributed by atoms with van der Waals surface area (Å²) in [6.45, 7) is 0. The first kappa shape index (κ1) is 13.3. The van der Waals surface area contributed by atoms with Gasteiger partial charge in [0.25, 0.3) is 0 Å². The minimum Gasteiger partial charge on any atom is -0.493 e. The number of carboxylic acid groups (broad SMARTS) is 1. The van der Waals surface area contributed by atoms with Gasteiger partial charge in [0, 0.05) is 5.56 Å². The van der Waals surface area contributed by atoms with Crippen LogP contribution < -0.4 is 9.47 Å². The number of carboxylic acids is 1. The van der Waals surface area contributed by atoms with Crippen LogP contribution >= 0.6 is 0 Å². The smallest absolute Gasteiger partial charge is 0.325 e. The molecule has 0 spiro atoms. The number of carbonyl (C=O) groups is 1. The molecule has 0 unspecified atom stereocenters. The number of ether oxygens (including phenoxy) is 2. The predicted octanol–water partition coefficient (Wildman–Crippen LogP) is 1.39. The summed E-state index contributed by atoms with van der Waals surface area (Å²) in [5, 5.41) is 9.24. The molecule has 1 N–H and O–H groups in total. The molecule has 17 heavy (non-hydrogen) atoms. The van der Waals surface area contributed by atoms with Gasteiger partial charge in [-0.2, -0.15) is 0 Å². The maximum absolute atomic E-state index is 11.3. The van der Waals surface area contributed by atoms with Crippen LogP contribution in [0.3, 0.4) is 0 Å². The van der Waals surface area contributed by atoms with Crippen LogP contribution in [-0.2, 0) is 4.79 Å². The molecule has 0 radical (unpaired) electrons. The second-order valence-electron chi connectivity index (χ2n) is 3.79. The number of methoxy groups -OCH3 is 2. The number of likely N-dealkylation sites (N-methyl/N-ethyl adjacent to an activating group) is 1. The Morgan fingerprint density at radius 2 is 1.94 bits per heavy atom. The maximum Gasteiger partial charge on any atom is 0.325 e. The fraction of sp³-hybridized carbons (Fsp3) is 0.417. The van der Waals surface area contributed by atoms with Crippen LogP contribution in [-0.4, -0.2) is 44.3 Å². The molecular formula is C12H17NO4. The third-order valence-corrected chi connectivity index (χ3v) is 2.48. The number of hydrogen-bond acceptors (Lipinski definition) is 4. The Bertz CT molecular complexity index is 403. The zero-order valence-electron chi connectivity index (χ0n) is 10.4. The Balaban J connectivity index is 3.32. The summed E-state index contributed by atoms with van der Waals surface area (Å²) < 4.78 is 10.4. The minimum atomic E-state index is -0.929. The lowest BCUT2D eigenvalue weighted by molar-refractivity contribution is -0.142. The third-order valence-electron chi connectivity index (χ3n) is 2.48. The van der Waals surface area contributed by atoms with E-state index in [-0.39, 0.29) is 0 Å². The predicted molar refractivity (Wildman–Crippen MR) is 63.6 cm³/mol. The van der Waals surface area contributed by atoms with E-state index in [1.165, 1.54) is 14.2 Å². The maximum atomic E-state index is 11.3. The number of nitrogens with zero attached hydrogens (tertiary/aromatic N) is 1. The molecule has 0 aliphatic heterocycles. The molecule has 0 amide bonds. The molecule has 0 heterocycles. The SMILES string of the molecule is COc1cccc([C@@H](C(=O)O)N(C)C)c1OC. The number of para-hydroxylation sites is 1. The van der Waals surface area contributed by atoms with Crippen LogP contribution in [0.25, 0.3) is 0 Å². The first-order chi connectivity index (χ1) is 8.02. The number of hydrogen-bond donors (Lipinski definition) is 1. The van der Waals surface area contributed by atoms with Crippen LogP contribution in [0.5, 0.6) is 11.5 Å². The molecule has 5 nitrogen and oxygen atoms in total. The van der Waals surface area contributed by atoms with Crippen molar-refractivity contribution in [1.29, 1.82) is 0 Å². The highest BCUT2D eigenvalue weighted by atomic mass is 16.5. The second kappa shape index (κ2) is 5.54. The van der Waals surface area contributed by atoms with Gasteiger partial charge in [0.15, 0.2) is 11.5 Å². The van der Waals surface area contributed by atoms with E-state index in [1.807, 2.05) is 0 Å². The van der Waals surface area contributed by atoms with E-state index in [2.05, 4.69) is 0 Å². The Hall–Kier alpha value is -1.75. The van der Waals surface area contributed by atoms with E-state index >= 15 is 0 Å². The summed E-state index contributed by atoms with van der Waals surface area (Å²) in [7, 11) is 6.43. The Labute approximate surface area is 101 Å². The molecule has 94 valence electrons. The van der Waals surface area contributed by atoms with Crippen molar-refractivity contribution in [2.45, 2.75) is 6.04 Å². The van der Waals surface area contributed by atoms with Crippen molar-refractivity contribution in [2.75, 3.05) is 28.3 Å². The van der Waals surface area contributed by atoms with Crippen molar-refractivity contribution in [3.63, 3.8) is 0 Å². The van der Waals surface area contributed by atoms with Gasteiger partial charge in [0.2, 0.25) is 0 Å². The van der Waals surface area contributed by atoms with Gasteiger partial charge in [-0.3, -0.25) is 9.69 Å². The molecule has 1 aromatic rings. The van der Waals surface area contributed by atoms with Crippen molar-refractivity contribution >= 4 is 5.97 Å². The lowest BCUT2D eigenvalue weighted by Crippen LogP contribution is -2.27. The molecule has 0 aliphatic carbocycles. The van der Waals surface area contributed by atoms with E-state index in [0.717, 1.165) is 0 Å². The average Bonchev–Trinajstić information content (AvgIpc) is 2.27. The standard InChI is InChI=1S/C12H17NO4/c1-13(2)10(12(14)15)8-6-5-7-9(16-3)11(8)17-4/h5-7,10H,1-4H3,(H,14,15)/t10-/m0/s1. The first-order valence-electron chi connectivity index (χ1n) is 5.13. The Kier molecular flexibility index (Phi) is 4.34. The van der Waals surface area contributed by atoms with E-state index in [0.29, 0.717) is 17.1 Å². The van der Waals surface area contributed by atoms with E-state index < -0.39 is 12.0 Å². The largest absolute Gasteiger partial charge is 0.493 e. The van der Waals surface area contributed by atoms with Gasteiger partial charge < -0.3 is 14.6 Å². The molecule has 0 bridgehead atoms. The normalized spacial score (nSPS) is 12.3. The summed E-state index contributed by atoms with van der Waals surface area (Å²) in [5.41, 5.74) is 0.573. The Morgan fingerprint density at radius 3 is 2.35 bits per heavy atom. The van der Waals surface area contributed by atoms with Crippen LogP contribution in [0.4, 0.5) is 0 Å². The number of rotatable bonds is 5. The summed E-state index contributed by atoms with van der Waals surface area (Å²) in [6.07, 6.45) is 0. The topological polar surface area (TPSA) is 59.0 Å². The van der Waals surface area contributed by atoms with E-state index in [9.17, 15) is 9.90 Å². The van der Waals surface area contributed by atoms with Gasteiger partial charge in [-0.25, -0.2) is 0 Å². The molecule has 0 aromatic heterocycles. The quantitative estimate of drug-likeness (QED) is 0.841. The van der Waals surface area contributed by atoms with Crippen molar-refractivity contribution in [1.82, 2.24) is 4.90 Å². The molecule has 0 saturated carbocycles. The van der Waals surface area contributed by atoms with Crippen LogP contribution in [0, 0.1) is 0 Å². The van der Waals surface area contributed by atoms with Crippen LogP contribution in [0.1, 0.15) is 11.6 Å². The van der Waals surface area contributed by atoms with Gasteiger partial charge in [0.05, 0.1) is 14.2 Å². The Morgan fingerprint density at radius 1 is 1.29 bits per heavy atom. The van der Waals surface area contributed by atoms with Crippen LogP contribution in [0.2, 0.25) is 0 Å². The molecule has 1 rings (SSSR count). The minimum absolute atomic E-state index is 0.455. The highest BCUT2D eigenvalue weighted by Gasteiger charge is 2.27. The zero-order chi connectivity index (χ0) is 13.0. The molecule has 0 saturated heterocycles. The van der Waals surface area contributed by atoms with Crippen molar-refractivity contribution in [2.24, 2.45) is 0 Å². The third kappa shape index (κ3) is 2.68. The van der Waals surface area contributed by atoms with Gasteiger partial charge in [-0.15, -0.1) is 0 Å². The van der Waals surface area contributed by atoms with Gasteiger partial charge in [-0.05, 0) is 20.2 Å². The number of benzene rings is 1. The molecule has 5 heteroatoms. The monoisotopic (exact) mass is 239 g/mol. The fourth-order valence-electron chi connectivity index (χ4n) is 1.76. The summed E-state index contributed by atoms with van der Waals surface area (Å²) in [4.78, 5) is 12.9. The zero-order valence-corrected chi connectivity index (χ0v) is 10.4. The van der Waals surface area contributed by atoms with E-state index in [1.54, 1.807) is 37.2 Å². The van der Waals surface area contributed by atoms with Gasteiger partial charge in [0.1, 0.15) is 6.04 Å². The fourth-order valence-corrected chi connectivity index (χ4v) is 1.76. The first-order valence-corrected chi connectivity index (χ1v) is 5.13. The lowest BCUT2D eigenvalue weighted by Gasteiger charge is -2.23. The molecule has 0 aliphatic rings. The summed E-state index contributed by atoms with van der Waals surface area (Å²) in [6, 6.07) is 4.44. The molecular weight excluding hydrogens is 222 g/mol. The highest BCUT2D eigenvalue weighted by Crippen LogP contribution is 2.36. The summed E-state index contributed by atoms with van der Waals surface area (Å²) >= 11 is 0. The lowest BCUT2D eigenvalue weighted by atomic mass is 10.0. The summed E-state index contributed by atoms with van der Waals surface area (Å²) in [5.74, 6) is 0.0516. The van der Waals surface area contributed by atoms with E-state index in [4.69, 9.17) is 9.47 Å². The number of aliphatic carboxylic acids is 1. The van der Waals surface area contributed by atoms with Gasteiger partial charge >= 0.3 is 5.97 Å². The second-order valence-corrected chi connectivity index (χ2v) is 3.79. The molecule has 1 aromatic carbocycles.